The predicted molar refractivity (Wildman–Crippen MR) is 83.8 cm³/mol. The maximum absolute atomic E-state index is 11.8. The van der Waals surface area contributed by atoms with Gasteiger partial charge in [-0.2, -0.15) is 0 Å². The maximum Gasteiger partial charge on any atom is 0.254 e. The second-order valence-corrected chi connectivity index (χ2v) is 4.61. The SMILES string of the molecule is CCCNC(=O)c1cnc(N(CC)c2ccccc2)nc1. The lowest BCUT2D eigenvalue weighted by atomic mass is 10.3. The first-order valence-corrected chi connectivity index (χ1v) is 7.19. The van der Waals surface area contributed by atoms with E-state index in [0.717, 1.165) is 18.7 Å². The van der Waals surface area contributed by atoms with Crippen LogP contribution in [0.15, 0.2) is 42.7 Å². The van der Waals surface area contributed by atoms with Crippen LogP contribution in [0.2, 0.25) is 0 Å². The van der Waals surface area contributed by atoms with Crippen molar-refractivity contribution in [1.29, 1.82) is 0 Å². The number of hydrogen-bond donors (Lipinski definition) is 1. The van der Waals surface area contributed by atoms with Crippen molar-refractivity contribution >= 4 is 17.5 Å². The molecule has 1 amide bonds. The molecular formula is C16H20N4O. The molecule has 0 aliphatic rings. The van der Waals surface area contributed by atoms with E-state index in [2.05, 4.69) is 15.3 Å². The molecule has 5 nitrogen and oxygen atoms in total. The highest BCUT2D eigenvalue weighted by Gasteiger charge is 2.11. The van der Waals surface area contributed by atoms with Crippen molar-refractivity contribution < 1.29 is 4.79 Å². The predicted octanol–water partition coefficient (Wildman–Crippen LogP) is 2.77. The molecule has 0 saturated heterocycles. The largest absolute Gasteiger partial charge is 0.352 e. The van der Waals surface area contributed by atoms with E-state index in [1.165, 1.54) is 0 Å². The topological polar surface area (TPSA) is 58.1 Å². The van der Waals surface area contributed by atoms with Gasteiger partial charge in [-0.05, 0) is 25.5 Å². The molecule has 5 heteroatoms. The zero-order chi connectivity index (χ0) is 15.1. The number of amides is 1. The highest BCUT2D eigenvalue weighted by Crippen LogP contribution is 2.20. The van der Waals surface area contributed by atoms with Gasteiger partial charge in [0, 0.05) is 31.2 Å². The standard InChI is InChI=1S/C16H20N4O/c1-3-10-17-15(21)13-11-18-16(19-12-13)20(4-2)14-8-6-5-7-9-14/h5-9,11-12H,3-4,10H2,1-2H3,(H,17,21). The van der Waals surface area contributed by atoms with Crippen LogP contribution in [0.1, 0.15) is 30.6 Å². The van der Waals surface area contributed by atoms with Gasteiger partial charge in [0.05, 0.1) is 5.56 Å². The molecule has 1 N–H and O–H groups in total. The Balaban J connectivity index is 2.15. The lowest BCUT2D eigenvalue weighted by Gasteiger charge is -2.20. The Labute approximate surface area is 125 Å². The summed E-state index contributed by atoms with van der Waals surface area (Å²) in [5, 5.41) is 2.81. The number of anilines is 2. The molecule has 21 heavy (non-hydrogen) atoms. The molecule has 1 heterocycles. The Hall–Kier alpha value is -2.43. The fourth-order valence-corrected chi connectivity index (χ4v) is 1.97. The Kier molecular flexibility index (Phi) is 5.26. The van der Waals surface area contributed by atoms with E-state index < -0.39 is 0 Å². The Morgan fingerprint density at radius 3 is 2.38 bits per heavy atom. The average Bonchev–Trinajstić information content (AvgIpc) is 2.55. The summed E-state index contributed by atoms with van der Waals surface area (Å²) in [6, 6.07) is 9.94. The molecule has 0 unspecified atom stereocenters. The number of aromatic nitrogens is 2. The summed E-state index contributed by atoms with van der Waals surface area (Å²) < 4.78 is 0. The molecule has 1 aromatic heterocycles. The van der Waals surface area contributed by atoms with E-state index in [9.17, 15) is 4.79 Å². The van der Waals surface area contributed by atoms with Crippen LogP contribution in [0.5, 0.6) is 0 Å². The normalized spacial score (nSPS) is 10.2. The minimum absolute atomic E-state index is 0.133. The molecular weight excluding hydrogens is 264 g/mol. The van der Waals surface area contributed by atoms with Gasteiger partial charge in [-0.1, -0.05) is 25.1 Å². The maximum atomic E-state index is 11.8. The molecule has 2 rings (SSSR count). The van der Waals surface area contributed by atoms with Gasteiger partial charge in [-0.25, -0.2) is 9.97 Å². The van der Waals surface area contributed by atoms with Crippen LogP contribution in [0.3, 0.4) is 0 Å². The Morgan fingerprint density at radius 2 is 1.81 bits per heavy atom. The third-order valence-corrected chi connectivity index (χ3v) is 3.06. The number of nitrogens with one attached hydrogen (secondary N) is 1. The molecule has 1 aromatic carbocycles. The van der Waals surface area contributed by atoms with E-state index in [4.69, 9.17) is 0 Å². The van der Waals surface area contributed by atoms with Crippen LogP contribution in [0.4, 0.5) is 11.6 Å². The first-order chi connectivity index (χ1) is 10.3. The number of carbonyl (C=O) groups is 1. The second kappa shape index (κ2) is 7.38. The first kappa shape index (κ1) is 15.0. The van der Waals surface area contributed by atoms with E-state index in [1.54, 1.807) is 12.4 Å². The number of benzene rings is 1. The summed E-state index contributed by atoms with van der Waals surface area (Å²) >= 11 is 0. The number of nitrogens with zero attached hydrogens (tertiary/aromatic N) is 3. The zero-order valence-corrected chi connectivity index (χ0v) is 12.4. The molecule has 2 aromatic rings. The van der Waals surface area contributed by atoms with Gasteiger partial charge in [0.1, 0.15) is 0 Å². The van der Waals surface area contributed by atoms with Gasteiger partial charge in [0.15, 0.2) is 0 Å². The number of rotatable bonds is 6. The molecule has 0 aliphatic heterocycles. The molecule has 0 bridgehead atoms. The summed E-state index contributed by atoms with van der Waals surface area (Å²) in [5.74, 6) is 0.460. The Bertz CT molecular complexity index is 569. The minimum atomic E-state index is -0.133. The van der Waals surface area contributed by atoms with Crippen LogP contribution in [-0.2, 0) is 0 Å². The van der Waals surface area contributed by atoms with Gasteiger partial charge >= 0.3 is 0 Å². The van der Waals surface area contributed by atoms with Crippen molar-refractivity contribution in [3.05, 3.63) is 48.3 Å². The minimum Gasteiger partial charge on any atom is -0.352 e. The lowest BCUT2D eigenvalue weighted by Crippen LogP contribution is -2.25. The summed E-state index contributed by atoms with van der Waals surface area (Å²) in [6.45, 7) is 5.47. The van der Waals surface area contributed by atoms with Crippen molar-refractivity contribution in [3.8, 4) is 0 Å². The molecule has 110 valence electrons. The number of hydrogen-bond acceptors (Lipinski definition) is 4. The summed E-state index contributed by atoms with van der Waals surface area (Å²) in [6.07, 6.45) is 4.04. The van der Waals surface area contributed by atoms with Crippen LogP contribution >= 0.6 is 0 Å². The van der Waals surface area contributed by atoms with Crippen molar-refractivity contribution in [3.63, 3.8) is 0 Å². The lowest BCUT2D eigenvalue weighted by molar-refractivity contribution is 0.0953. The first-order valence-electron chi connectivity index (χ1n) is 7.19. The molecule has 0 fully saturated rings. The second-order valence-electron chi connectivity index (χ2n) is 4.61. The molecule has 0 saturated carbocycles. The van der Waals surface area contributed by atoms with Crippen molar-refractivity contribution in [2.45, 2.75) is 20.3 Å². The fourth-order valence-electron chi connectivity index (χ4n) is 1.97. The van der Waals surface area contributed by atoms with Crippen LogP contribution in [0, 0.1) is 0 Å². The fraction of sp³-hybridized carbons (Fsp3) is 0.312. The van der Waals surface area contributed by atoms with Crippen LogP contribution in [0.25, 0.3) is 0 Å². The van der Waals surface area contributed by atoms with Crippen LogP contribution < -0.4 is 10.2 Å². The van der Waals surface area contributed by atoms with Crippen molar-refractivity contribution in [2.75, 3.05) is 18.0 Å². The van der Waals surface area contributed by atoms with Gasteiger partial charge in [0.2, 0.25) is 5.95 Å². The average molecular weight is 284 g/mol. The van der Waals surface area contributed by atoms with Crippen molar-refractivity contribution in [1.82, 2.24) is 15.3 Å². The molecule has 0 radical (unpaired) electrons. The van der Waals surface area contributed by atoms with E-state index in [1.807, 2.05) is 49.1 Å². The molecule has 0 spiro atoms. The van der Waals surface area contributed by atoms with Gasteiger partial charge in [-0.15, -0.1) is 0 Å². The Morgan fingerprint density at radius 1 is 1.14 bits per heavy atom. The third-order valence-electron chi connectivity index (χ3n) is 3.06. The van der Waals surface area contributed by atoms with Gasteiger partial charge < -0.3 is 10.2 Å². The quantitative estimate of drug-likeness (QED) is 0.886. The van der Waals surface area contributed by atoms with Gasteiger partial charge in [-0.3, -0.25) is 4.79 Å². The molecule has 0 atom stereocenters. The summed E-state index contributed by atoms with van der Waals surface area (Å²) in [5.41, 5.74) is 1.51. The van der Waals surface area contributed by atoms with Crippen LogP contribution in [-0.4, -0.2) is 29.0 Å². The van der Waals surface area contributed by atoms with Crippen molar-refractivity contribution in [2.24, 2.45) is 0 Å². The molecule has 0 aliphatic carbocycles. The number of carbonyl (C=O) groups excluding carboxylic acids is 1. The summed E-state index contributed by atoms with van der Waals surface area (Å²) in [4.78, 5) is 22.4. The highest BCUT2D eigenvalue weighted by molar-refractivity contribution is 5.93. The van der Waals surface area contributed by atoms with E-state index >= 15 is 0 Å². The van der Waals surface area contributed by atoms with E-state index in [0.29, 0.717) is 18.1 Å². The zero-order valence-electron chi connectivity index (χ0n) is 12.4. The third kappa shape index (κ3) is 3.78. The highest BCUT2D eigenvalue weighted by atomic mass is 16.1. The van der Waals surface area contributed by atoms with Gasteiger partial charge in [0.25, 0.3) is 5.91 Å². The number of para-hydroxylation sites is 1. The monoisotopic (exact) mass is 284 g/mol. The van der Waals surface area contributed by atoms with E-state index in [-0.39, 0.29) is 5.91 Å². The summed E-state index contributed by atoms with van der Waals surface area (Å²) in [7, 11) is 0. The smallest absolute Gasteiger partial charge is 0.254 e.